The number of methoxy groups -OCH3 is 1. The summed E-state index contributed by atoms with van der Waals surface area (Å²) in [4.78, 5) is 16.1. The van der Waals surface area contributed by atoms with Crippen LogP contribution >= 0.6 is 0 Å². The second kappa shape index (κ2) is 6.98. The SMILES string of the molecule is COc1cc2c(cc1-c1cn(CCn3c(C)cc(C)nc3=O)nn1)CCC2. The molecule has 0 aliphatic heterocycles. The zero-order valence-electron chi connectivity index (χ0n) is 15.9. The lowest BCUT2D eigenvalue weighted by Crippen LogP contribution is -2.27. The van der Waals surface area contributed by atoms with Crippen molar-refractivity contribution < 1.29 is 4.74 Å². The maximum atomic E-state index is 12.1. The average Bonchev–Trinajstić information content (AvgIpc) is 3.28. The Labute approximate surface area is 157 Å². The number of nitrogens with zero attached hydrogens (tertiary/aromatic N) is 5. The fourth-order valence-electron chi connectivity index (χ4n) is 3.75. The van der Waals surface area contributed by atoms with Gasteiger partial charge in [0.05, 0.1) is 19.9 Å². The number of hydrogen-bond acceptors (Lipinski definition) is 5. The molecular weight excluding hydrogens is 342 g/mol. The zero-order valence-corrected chi connectivity index (χ0v) is 15.9. The van der Waals surface area contributed by atoms with Gasteiger partial charge >= 0.3 is 5.69 Å². The Hall–Kier alpha value is -2.96. The summed E-state index contributed by atoms with van der Waals surface area (Å²) in [5, 5.41) is 8.55. The highest BCUT2D eigenvalue weighted by Gasteiger charge is 2.18. The van der Waals surface area contributed by atoms with Gasteiger partial charge in [0.1, 0.15) is 11.4 Å². The van der Waals surface area contributed by atoms with Crippen molar-refractivity contribution in [2.45, 2.75) is 46.2 Å². The fraction of sp³-hybridized carbons (Fsp3) is 0.400. The number of aryl methyl sites for hydroxylation is 5. The first-order chi connectivity index (χ1) is 13.0. The topological polar surface area (TPSA) is 74.8 Å². The minimum absolute atomic E-state index is 0.229. The van der Waals surface area contributed by atoms with Crippen molar-refractivity contribution in [2.24, 2.45) is 0 Å². The third-order valence-corrected chi connectivity index (χ3v) is 5.13. The summed E-state index contributed by atoms with van der Waals surface area (Å²) in [6.07, 6.45) is 5.30. The Balaban J connectivity index is 1.57. The van der Waals surface area contributed by atoms with Gasteiger partial charge in [-0.25, -0.2) is 4.79 Å². The number of ether oxygens (including phenoxy) is 1. The summed E-state index contributed by atoms with van der Waals surface area (Å²) in [5.74, 6) is 0.831. The Bertz CT molecular complexity index is 1050. The van der Waals surface area contributed by atoms with Crippen molar-refractivity contribution in [2.75, 3.05) is 7.11 Å². The standard InChI is InChI=1S/C20H23N5O2/c1-13-9-14(2)25(20(26)21-13)8-7-24-12-18(22-23-24)17-10-15-5-4-6-16(15)11-19(17)27-3/h9-12H,4-8H2,1-3H3. The van der Waals surface area contributed by atoms with E-state index in [4.69, 9.17) is 4.74 Å². The third-order valence-electron chi connectivity index (χ3n) is 5.13. The van der Waals surface area contributed by atoms with E-state index in [2.05, 4.69) is 27.4 Å². The predicted octanol–water partition coefficient (Wildman–Crippen LogP) is 2.32. The van der Waals surface area contributed by atoms with E-state index in [-0.39, 0.29) is 5.69 Å². The van der Waals surface area contributed by atoms with E-state index in [0.29, 0.717) is 13.1 Å². The van der Waals surface area contributed by atoms with Gasteiger partial charge in [-0.3, -0.25) is 9.25 Å². The smallest absolute Gasteiger partial charge is 0.348 e. The molecule has 0 radical (unpaired) electrons. The average molecular weight is 365 g/mol. The third kappa shape index (κ3) is 3.37. The predicted molar refractivity (Wildman–Crippen MR) is 102 cm³/mol. The second-order valence-corrected chi connectivity index (χ2v) is 7.01. The van der Waals surface area contributed by atoms with Gasteiger partial charge in [-0.05, 0) is 62.4 Å². The van der Waals surface area contributed by atoms with Crippen LogP contribution in [-0.2, 0) is 25.9 Å². The highest BCUT2D eigenvalue weighted by molar-refractivity contribution is 5.69. The molecule has 7 nitrogen and oxygen atoms in total. The van der Waals surface area contributed by atoms with Crippen LogP contribution < -0.4 is 10.4 Å². The molecule has 27 heavy (non-hydrogen) atoms. The Morgan fingerprint density at radius 1 is 1.11 bits per heavy atom. The van der Waals surface area contributed by atoms with Crippen molar-refractivity contribution >= 4 is 0 Å². The molecule has 140 valence electrons. The van der Waals surface area contributed by atoms with E-state index in [1.54, 1.807) is 16.4 Å². The Morgan fingerprint density at radius 2 is 1.89 bits per heavy atom. The molecule has 0 saturated carbocycles. The molecule has 0 unspecified atom stereocenters. The van der Waals surface area contributed by atoms with Crippen LogP contribution in [0, 0.1) is 13.8 Å². The summed E-state index contributed by atoms with van der Waals surface area (Å²) < 4.78 is 8.99. The molecule has 4 rings (SSSR count). The number of hydrogen-bond donors (Lipinski definition) is 0. The molecule has 7 heteroatoms. The van der Waals surface area contributed by atoms with E-state index < -0.39 is 0 Å². The van der Waals surface area contributed by atoms with Gasteiger partial charge in [-0.1, -0.05) is 5.21 Å². The minimum Gasteiger partial charge on any atom is -0.496 e. The first kappa shape index (κ1) is 17.5. The van der Waals surface area contributed by atoms with E-state index in [1.807, 2.05) is 26.1 Å². The molecule has 1 aromatic carbocycles. The van der Waals surface area contributed by atoms with E-state index in [1.165, 1.54) is 17.5 Å². The molecule has 2 aromatic heterocycles. The van der Waals surface area contributed by atoms with Crippen LogP contribution in [0.5, 0.6) is 5.75 Å². The van der Waals surface area contributed by atoms with E-state index in [9.17, 15) is 4.79 Å². The van der Waals surface area contributed by atoms with Gasteiger partial charge in [0.15, 0.2) is 0 Å². The van der Waals surface area contributed by atoms with Crippen LogP contribution in [-0.4, -0.2) is 31.7 Å². The molecule has 3 aromatic rings. The Morgan fingerprint density at radius 3 is 2.63 bits per heavy atom. The summed E-state index contributed by atoms with van der Waals surface area (Å²) in [6.45, 7) is 4.79. The van der Waals surface area contributed by atoms with Gasteiger partial charge in [0.2, 0.25) is 0 Å². The normalized spacial score (nSPS) is 13.0. The summed E-state index contributed by atoms with van der Waals surface area (Å²) in [5.41, 5.74) is 5.89. The number of aromatic nitrogens is 5. The van der Waals surface area contributed by atoms with Crippen LogP contribution in [0.4, 0.5) is 0 Å². The first-order valence-corrected chi connectivity index (χ1v) is 9.20. The summed E-state index contributed by atoms with van der Waals surface area (Å²) in [6, 6.07) is 6.20. The summed E-state index contributed by atoms with van der Waals surface area (Å²) >= 11 is 0. The van der Waals surface area contributed by atoms with Crippen molar-refractivity contribution in [1.82, 2.24) is 24.5 Å². The van der Waals surface area contributed by atoms with Crippen LogP contribution in [0.3, 0.4) is 0 Å². The molecule has 0 atom stereocenters. The number of benzene rings is 1. The fourth-order valence-corrected chi connectivity index (χ4v) is 3.75. The Kier molecular flexibility index (Phi) is 4.51. The maximum absolute atomic E-state index is 12.1. The van der Waals surface area contributed by atoms with Crippen molar-refractivity contribution in [1.29, 1.82) is 0 Å². The molecule has 1 aliphatic carbocycles. The van der Waals surface area contributed by atoms with E-state index >= 15 is 0 Å². The first-order valence-electron chi connectivity index (χ1n) is 9.20. The van der Waals surface area contributed by atoms with Gasteiger partial charge in [-0.2, -0.15) is 4.98 Å². The molecule has 0 saturated heterocycles. The van der Waals surface area contributed by atoms with Gasteiger partial charge in [0, 0.05) is 23.5 Å². The lowest BCUT2D eigenvalue weighted by atomic mass is 10.0. The lowest BCUT2D eigenvalue weighted by molar-refractivity contribution is 0.416. The molecule has 0 fully saturated rings. The largest absolute Gasteiger partial charge is 0.496 e. The zero-order chi connectivity index (χ0) is 19.0. The number of rotatable bonds is 5. The molecule has 0 N–H and O–H groups in total. The number of fused-ring (bicyclic) bond motifs is 1. The van der Waals surface area contributed by atoms with Crippen LogP contribution in [0.1, 0.15) is 28.9 Å². The second-order valence-electron chi connectivity index (χ2n) is 7.01. The van der Waals surface area contributed by atoms with Crippen molar-refractivity contribution in [3.8, 4) is 17.0 Å². The highest BCUT2D eigenvalue weighted by atomic mass is 16.5. The highest BCUT2D eigenvalue weighted by Crippen LogP contribution is 2.35. The van der Waals surface area contributed by atoms with Gasteiger partial charge < -0.3 is 4.74 Å². The van der Waals surface area contributed by atoms with Crippen molar-refractivity contribution in [3.63, 3.8) is 0 Å². The minimum atomic E-state index is -0.229. The molecule has 0 amide bonds. The van der Waals surface area contributed by atoms with Crippen LogP contribution in [0.2, 0.25) is 0 Å². The van der Waals surface area contributed by atoms with Crippen LogP contribution in [0.15, 0.2) is 29.2 Å². The van der Waals surface area contributed by atoms with Crippen molar-refractivity contribution in [3.05, 3.63) is 57.4 Å². The molecule has 0 bridgehead atoms. The van der Waals surface area contributed by atoms with Crippen LogP contribution in [0.25, 0.3) is 11.3 Å². The molecular formula is C20H23N5O2. The van der Waals surface area contributed by atoms with E-state index in [0.717, 1.165) is 41.2 Å². The molecule has 0 spiro atoms. The molecule has 2 heterocycles. The molecule has 1 aliphatic rings. The quantitative estimate of drug-likeness (QED) is 0.694. The van der Waals surface area contributed by atoms with Gasteiger partial charge in [0.25, 0.3) is 0 Å². The monoisotopic (exact) mass is 365 g/mol. The van der Waals surface area contributed by atoms with Gasteiger partial charge in [-0.15, -0.1) is 5.10 Å². The maximum Gasteiger partial charge on any atom is 0.348 e. The summed E-state index contributed by atoms with van der Waals surface area (Å²) in [7, 11) is 1.68. The lowest BCUT2D eigenvalue weighted by Gasteiger charge is -2.10.